The number of likely N-dealkylation sites (tertiary alicyclic amines) is 1. The van der Waals surface area contributed by atoms with Crippen molar-refractivity contribution in [3.63, 3.8) is 0 Å². The van der Waals surface area contributed by atoms with E-state index in [1.807, 2.05) is 48.2 Å². The highest BCUT2D eigenvalue weighted by atomic mass is 16.2. The molecule has 0 spiro atoms. The van der Waals surface area contributed by atoms with E-state index < -0.39 is 5.66 Å². The van der Waals surface area contributed by atoms with E-state index in [9.17, 15) is 9.59 Å². The van der Waals surface area contributed by atoms with Crippen LogP contribution in [0.3, 0.4) is 0 Å². The largest absolute Gasteiger partial charge is 0.378 e. The maximum absolute atomic E-state index is 12.7. The molecule has 3 rings (SSSR count). The molecule has 5 nitrogen and oxygen atoms in total. The quantitative estimate of drug-likeness (QED) is 0.868. The van der Waals surface area contributed by atoms with Crippen molar-refractivity contribution in [2.24, 2.45) is 0 Å². The molecule has 1 aromatic rings. The molecule has 5 heteroatoms. The highest BCUT2D eigenvalue weighted by Crippen LogP contribution is 2.35. The van der Waals surface area contributed by atoms with Crippen molar-refractivity contribution in [3.05, 3.63) is 29.8 Å². The maximum Gasteiger partial charge on any atom is 0.253 e. The lowest BCUT2D eigenvalue weighted by Gasteiger charge is -2.50. The number of amides is 2. The number of carbonyl (C=O) groups is 2. The predicted octanol–water partition coefficient (Wildman–Crippen LogP) is 2.38. The van der Waals surface area contributed by atoms with Gasteiger partial charge in [-0.3, -0.25) is 9.59 Å². The Morgan fingerprint density at radius 1 is 1.13 bits per heavy atom. The number of nitrogens with one attached hydrogen (secondary N) is 1. The number of rotatable bonds is 4. The summed E-state index contributed by atoms with van der Waals surface area (Å²) in [5.41, 5.74) is 1.24. The van der Waals surface area contributed by atoms with Crippen LogP contribution < -0.4 is 10.2 Å². The summed E-state index contributed by atoms with van der Waals surface area (Å²) >= 11 is 0. The standard InChI is InChI=1S/C18H25N3O2/c1-20(2)15-8-6-14(7-9-15)17(23)19-18(11-4-3-5-12-18)21-13-10-16(21)22/h6-9H,3-5,10-13H2,1-2H3,(H,19,23). The molecule has 0 bridgehead atoms. The Hall–Kier alpha value is -2.04. The molecule has 1 aliphatic heterocycles. The molecule has 1 aliphatic carbocycles. The molecule has 124 valence electrons. The topological polar surface area (TPSA) is 52.7 Å². The maximum atomic E-state index is 12.7. The monoisotopic (exact) mass is 315 g/mol. The van der Waals surface area contributed by atoms with Crippen LogP contribution >= 0.6 is 0 Å². The molecule has 1 aromatic carbocycles. The van der Waals surface area contributed by atoms with Gasteiger partial charge in [-0.25, -0.2) is 0 Å². The zero-order valence-corrected chi connectivity index (χ0v) is 14.0. The molecule has 2 fully saturated rings. The molecule has 1 saturated heterocycles. The molecular formula is C18H25N3O2. The van der Waals surface area contributed by atoms with Crippen LogP contribution in [0.15, 0.2) is 24.3 Å². The van der Waals surface area contributed by atoms with Crippen LogP contribution in [-0.2, 0) is 4.79 Å². The van der Waals surface area contributed by atoms with Gasteiger partial charge in [-0.05, 0) is 49.9 Å². The second-order valence-corrected chi connectivity index (χ2v) is 6.78. The summed E-state index contributed by atoms with van der Waals surface area (Å²) in [7, 11) is 3.95. The summed E-state index contributed by atoms with van der Waals surface area (Å²) < 4.78 is 0. The average Bonchev–Trinajstić information content (AvgIpc) is 2.54. The molecule has 0 aromatic heterocycles. The number of benzene rings is 1. The molecule has 23 heavy (non-hydrogen) atoms. The Bertz CT molecular complexity index is 589. The third-order valence-electron chi connectivity index (χ3n) is 5.04. The Morgan fingerprint density at radius 2 is 1.78 bits per heavy atom. The van der Waals surface area contributed by atoms with Gasteiger partial charge in [0, 0.05) is 38.3 Å². The van der Waals surface area contributed by atoms with E-state index in [2.05, 4.69) is 5.32 Å². The third kappa shape index (κ3) is 3.05. The molecular weight excluding hydrogens is 290 g/mol. The Morgan fingerprint density at radius 3 is 2.26 bits per heavy atom. The zero-order valence-electron chi connectivity index (χ0n) is 14.0. The van der Waals surface area contributed by atoms with E-state index in [0.717, 1.165) is 37.9 Å². The van der Waals surface area contributed by atoms with E-state index >= 15 is 0 Å². The molecule has 2 aliphatic rings. The summed E-state index contributed by atoms with van der Waals surface area (Å²) in [6.45, 7) is 0.763. The molecule has 1 N–H and O–H groups in total. The first-order valence-corrected chi connectivity index (χ1v) is 8.42. The van der Waals surface area contributed by atoms with Gasteiger partial charge >= 0.3 is 0 Å². The normalized spacial score (nSPS) is 19.9. The fourth-order valence-electron chi connectivity index (χ4n) is 3.56. The highest BCUT2D eigenvalue weighted by molar-refractivity contribution is 5.95. The Kier molecular flexibility index (Phi) is 4.28. The summed E-state index contributed by atoms with van der Waals surface area (Å²) in [5.74, 6) is 0.0760. The molecule has 0 radical (unpaired) electrons. The van der Waals surface area contributed by atoms with E-state index in [-0.39, 0.29) is 11.8 Å². The Balaban J connectivity index is 1.76. The first-order chi connectivity index (χ1) is 11.0. The summed E-state index contributed by atoms with van der Waals surface area (Å²) in [6, 6.07) is 7.58. The minimum Gasteiger partial charge on any atom is -0.378 e. The number of hydrogen-bond donors (Lipinski definition) is 1. The zero-order chi connectivity index (χ0) is 16.4. The summed E-state index contributed by atoms with van der Waals surface area (Å²) in [5, 5.41) is 3.18. The van der Waals surface area contributed by atoms with Crippen molar-refractivity contribution < 1.29 is 9.59 Å². The van der Waals surface area contributed by atoms with Crippen molar-refractivity contribution in [3.8, 4) is 0 Å². The number of anilines is 1. The first kappa shape index (κ1) is 15.8. The van der Waals surface area contributed by atoms with Gasteiger partial charge in [0.05, 0.1) is 0 Å². The van der Waals surface area contributed by atoms with Crippen molar-refractivity contribution in [2.45, 2.75) is 44.2 Å². The molecule has 1 saturated carbocycles. The van der Waals surface area contributed by atoms with E-state index in [4.69, 9.17) is 0 Å². The third-order valence-corrected chi connectivity index (χ3v) is 5.04. The Labute approximate surface area is 137 Å². The van der Waals surface area contributed by atoms with Gasteiger partial charge in [-0.2, -0.15) is 0 Å². The van der Waals surface area contributed by atoms with Crippen LogP contribution in [0.5, 0.6) is 0 Å². The van der Waals surface area contributed by atoms with Crippen molar-refractivity contribution in [2.75, 3.05) is 25.5 Å². The van der Waals surface area contributed by atoms with Crippen molar-refractivity contribution in [1.82, 2.24) is 10.2 Å². The molecule has 1 heterocycles. The van der Waals surface area contributed by atoms with Crippen LogP contribution in [-0.4, -0.2) is 43.0 Å². The van der Waals surface area contributed by atoms with Gasteiger partial charge in [-0.15, -0.1) is 0 Å². The van der Waals surface area contributed by atoms with Gasteiger partial charge in [0.25, 0.3) is 5.91 Å². The van der Waals surface area contributed by atoms with Gasteiger partial charge in [0.2, 0.25) is 5.91 Å². The van der Waals surface area contributed by atoms with Crippen LogP contribution in [0.4, 0.5) is 5.69 Å². The van der Waals surface area contributed by atoms with Gasteiger partial charge < -0.3 is 15.1 Å². The highest BCUT2D eigenvalue weighted by Gasteiger charge is 2.45. The molecule has 0 unspecified atom stereocenters. The van der Waals surface area contributed by atoms with Crippen LogP contribution in [0.1, 0.15) is 48.9 Å². The number of β-lactam (4-membered cyclic amide) rings is 1. The molecule has 0 atom stereocenters. The second kappa shape index (κ2) is 6.22. The van der Waals surface area contributed by atoms with E-state index in [1.54, 1.807) is 0 Å². The number of hydrogen-bond acceptors (Lipinski definition) is 3. The predicted molar refractivity (Wildman–Crippen MR) is 90.4 cm³/mol. The minimum atomic E-state index is -0.467. The van der Waals surface area contributed by atoms with Gasteiger partial charge in [-0.1, -0.05) is 6.42 Å². The lowest BCUT2D eigenvalue weighted by molar-refractivity contribution is -0.152. The van der Waals surface area contributed by atoms with E-state index in [1.165, 1.54) is 6.42 Å². The first-order valence-electron chi connectivity index (χ1n) is 8.42. The van der Waals surface area contributed by atoms with Crippen LogP contribution in [0.2, 0.25) is 0 Å². The van der Waals surface area contributed by atoms with Crippen molar-refractivity contribution in [1.29, 1.82) is 0 Å². The van der Waals surface area contributed by atoms with Crippen LogP contribution in [0, 0.1) is 0 Å². The van der Waals surface area contributed by atoms with Crippen LogP contribution in [0.25, 0.3) is 0 Å². The summed E-state index contributed by atoms with van der Waals surface area (Å²) in [6.07, 6.45) is 5.63. The SMILES string of the molecule is CN(C)c1ccc(C(=O)NC2(N3CCC3=O)CCCCC2)cc1. The van der Waals surface area contributed by atoms with E-state index in [0.29, 0.717) is 12.0 Å². The average molecular weight is 315 g/mol. The minimum absolute atomic E-state index is 0.0862. The lowest BCUT2D eigenvalue weighted by atomic mass is 9.85. The second-order valence-electron chi connectivity index (χ2n) is 6.78. The van der Waals surface area contributed by atoms with Crippen molar-refractivity contribution >= 4 is 17.5 Å². The van der Waals surface area contributed by atoms with Gasteiger partial charge in [0.1, 0.15) is 5.66 Å². The fraction of sp³-hybridized carbons (Fsp3) is 0.556. The molecule has 2 amide bonds. The number of nitrogens with zero attached hydrogens (tertiary/aromatic N) is 2. The van der Waals surface area contributed by atoms with Gasteiger partial charge in [0.15, 0.2) is 0 Å². The lowest BCUT2D eigenvalue weighted by Crippen LogP contribution is -2.67. The fourth-order valence-corrected chi connectivity index (χ4v) is 3.56. The number of carbonyl (C=O) groups excluding carboxylic acids is 2. The summed E-state index contributed by atoms with van der Waals surface area (Å²) in [4.78, 5) is 28.5. The smallest absolute Gasteiger partial charge is 0.253 e.